The number of hydrogen-bond donors (Lipinski definition) is 0. The van der Waals surface area contributed by atoms with E-state index in [-0.39, 0.29) is 0 Å². The maximum Gasteiger partial charge on any atom is 0.300 e. The maximum absolute atomic E-state index is 8.49. The minimum absolute atomic E-state index is 1.37. The van der Waals surface area contributed by atoms with Gasteiger partial charge in [-0.05, 0) is 44.0 Å². The van der Waals surface area contributed by atoms with Gasteiger partial charge in [-0.25, -0.2) is 18.6 Å². The van der Waals surface area contributed by atoms with Gasteiger partial charge >= 0.3 is 0 Å². The highest BCUT2D eigenvalue weighted by Gasteiger charge is 2.21. The van der Waals surface area contributed by atoms with Gasteiger partial charge in [-0.15, -0.1) is 10.2 Å². The lowest BCUT2D eigenvalue weighted by Gasteiger charge is -2.17. The Kier molecular flexibility index (Phi) is 6.51. The molecule has 0 aliphatic carbocycles. The molecule has 0 amide bonds. The summed E-state index contributed by atoms with van der Waals surface area (Å²) in [6.07, 6.45) is 2.33. The summed E-state index contributed by atoms with van der Waals surface area (Å²) in [7, 11) is 2.54. The number of halogens is 1. The topological polar surface area (TPSA) is 92.2 Å². The van der Waals surface area contributed by atoms with E-state index in [1.807, 2.05) is 42.3 Å². The highest BCUT2D eigenvalue weighted by Crippen LogP contribution is 2.53. The first-order chi connectivity index (χ1) is 10.6. The second kappa shape index (κ2) is 7.81. The second-order valence-electron chi connectivity index (χ2n) is 4.81. The minimum Gasteiger partial charge on any atom is -0.222 e. The highest BCUT2D eigenvalue weighted by molar-refractivity contribution is 8.80. The average molecular weight is 409 g/mol. The van der Waals surface area contributed by atoms with Crippen LogP contribution in [0.5, 0.6) is 0 Å². The number of benzene rings is 1. The molecule has 0 unspecified atom stereocenters. The van der Waals surface area contributed by atoms with Crippen LogP contribution < -0.4 is 18.6 Å². The van der Waals surface area contributed by atoms with Crippen molar-refractivity contribution < 1.29 is 28.9 Å². The van der Waals surface area contributed by atoms with Crippen molar-refractivity contribution in [3.05, 3.63) is 44.6 Å². The van der Waals surface area contributed by atoms with E-state index in [0.717, 1.165) is 0 Å². The predicted octanol–water partition coefficient (Wildman–Crippen LogP) is 1.51. The molecule has 0 radical (unpaired) electrons. The molecular weight excluding hydrogens is 396 g/mol. The number of fused-ring (bicyclic) bond motifs is 1. The Labute approximate surface area is 152 Å². The molecule has 4 nitrogen and oxygen atoms in total. The van der Waals surface area contributed by atoms with Crippen LogP contribution in [0, 0.1) is 31.0 Å². The summed E-state index contributed by atoms with van der Waals surface area (Å²) in [5.74, 6) is 0. The quantitative estimate of drug-likeness (QED) is 0.524. The van der Waals surface area contributed by atoms with E-state index in [1.54, 1.807) is 0 Å². The molecule has 1 aliphatic heterocycles. The third-order valence-corrected chi connectivity index (χ3v) is 7.92. The van der Waals surface area contributed by atoms with Crippen molar-refractivity contribution in [2.24, 2.45) is 0 Å². The van der Waals surface area contributed by atoms with Crippen LogP contribution in [-0.2, 0) is 0 Å². The molecule has 2 aromatic rings. The van der Waals surface area contributed by atoms with Crippen LogP contribution in [-0.4, -0.2) is 0 Å². The first-order valence-electron chi connectivity index (χ1n) is 6.33. The summed E-state index contributed by atoms with van der Waals surface area (Å²) < 4.78 is 34.0. The predicted molar refractivity (Wildman–Crippen MR) is 88.6 cm³/mol. The Bertz CT molecular complexity index is 731. The van der Waals surface area contributed by atoms with E-state index in [9.17, 15) is 0 Å². The summed E-state index contributed by atoms with van der Waals surface area (Å²) in [5.41, 5.74) is 4.18. The van der Waals surface area contributed by atoms with Crippen LogP contribution in [0.2, 0.25) is 0 Å². The largest absolute Gasteiger partial charge is 0.300 e. The van der Waals surface area contributed by atoms with Gasteiger partial charge in [-0.1, -0.05) is 21.6 Å². The number of aryl methyl sites for hydroxylation is 3. The van der Waals surface area contributed by atoms with Gasteiger partial charge < -0.3 is 0 Å². The van der Waals surface area contributed by atoms with Gasteiger partial charge in [-0.3, -0.25) is 0 Å². The zero-order chi connectivity index (χ0) is 17.2. The van der Waals surface area contributed by atoms with Crippen molar-refractivity contribution >= 4 is 53.2 Å². The van der Waals surface area contributed by atoms with E-state index in [0.29, 0.717) is 0 Å². The van der Waals surface area contributed by atoms with Gasteiger partial charge in [0.1, 0.15) is 0 Å². The molecule has 0 bridgehead atoms. The van der Waals surface area contributed by atoms with E-state index in [4.69, 9.17) is 18.6 Å². The molecule has 3 rings (SSSR count). The highest BCUT2D eigenvalue weighted by atomic mass is 35.7. The zero-order valence-electron chi connectivity index (χ0n) is 12.5. The molecule has 1 aromatic heterocycles. The molecule has 2 heterocycles. The Hall–Kier alpha value is -0.160. The monoisotopic (exact) mass is 408 g/mol. The van der Waals surface area contributed by atoms with Crippen LogP contribution in [0.15, 0.2) is 23.1 Å². The summed E-state index contributed by atoms with van der Waals surface area (Å²) in [4.78, 5) is 5.56. The molecule has 0 saturated heterocycles. The smallest absolute Gasteiger partial charge is 0.222 e. The summed E-state index contributed by atoms with van der Waals surface area (Å²) in [6.45, 7) is 6.55. The third-order valence-electron chi connectivity index (χ3n) is 2.97. The first kappa shape index (κ1) is 19.2. The van der Waals surface area contributed by atoms with Gasteiger partial charge in [0.25, 0.3) is 10.3 Å². The molecule has 124 valence electrons. The Balaban J connectivity index is 0.000000338. The van der Waals surface area contributed by atoms with E-state index < -0.39 is 10.2 Å². The van der Waals surface area contributed by atoms with Crippen molar-refractivity contribution in [1.29, 1.82) is 0 Å². The summed E-state index contributed by atoms with van der Waals surface area (Å²) >= 11 is 0. The molecule has 9 heteroatoms. The van der Waals surface area contributed by atoms with Crippen LogP contribution in [0.3, 0.4) is 0 Å². The Morgan fingerprint density at radius 3 is 2.13 bits per heavy atom. The van der Waals surface area contributed by atoms with Crippen molar-refractivity contribution in [1.82, 2.24) is 0 Å². The lowest BCUT2D eigenvalue weighted by atomic mass is 10.1. The summed E-state index contributed by atoms with van der Waals surface area (Å²) in [6, 6.07) is 6.91. The average Bonchev–Trinajstić information content (AvgIpc) is 2.97. The molecule has 0 saturated carbocycles. The second-order valence-corrected chi connectivity index (χ2v) is 10.2. The van der Waals surface area contributed by atoms with Crippen LogP contribution in [0.1, 0.15) is 26.4 Å². The standard InChI is InChI=1S/C14H13S4.ClHO4/c1-8-4-12-13(5-9(8)2)17-18-14(12)7-11-6-10(3)15-16-11;2-1(3,4)5/h4-7H,1-3H3;(H,2,3,4,5)/q+1;/p-1. The van der Waals surface area contributed by atoms with Gasteiger partial charge in [0.05, 0.1) is 4.88 Å². The SMILES string of the molecule is Cc1cc(/C=C2\SSc3cc(C)c(C)cc32)[s+]s1.[O-][Cl+3]([O-])([O-])[O-]. The molecular formula is C14H13ClO4S4. The fourth-order valence-electron chi connectivity index (χ4n) is 1.84. The molecule has 23 heavy (non-hydrogen) atoms. The normalized spacial score (nSPS) is 15.3. The first-order valence-corrected chi connectivity index (χ1v) is 11.9. The van der Waals surface area contributed by atoms with Crippen molar-refractivity contribution in [2.45, 2.75) is 25.7 Å². The zero-order valence-corrected chi connectivity index (χ0v) is 16.5. The molecule has 1 aliphatic rings. The van der Waals surface area contributed by atoms with E-state index >= 15 is 0 Å². The van der Waals surface area contributed by atoms with E-state index in [1.165, 1.54) is 36.2 Å². The van der Waals surface area contributed by atoms with Gasteiger partial charge in [-0.2, -0.15) is 0 Å². The number of rotatable bonds is 1. The Morgan fingerprint density at radius 2 is 1.57 bits per heavy atom. The lowest BCUT2D eigenvalue weighted by molar-refractivity contribution is -2.00. The van der Waals surface area contributed by atoms with Crippen LogP contribution in [0.4, 0.5) is 0 Å². The lowest BCUT2D eigenvalue weighted by Crippen LogP contribution is -2.68. The van der Waals surface area contributed by atoms with Crippen molar-refractivity contribution in [3.63, 3.8) is 0 Å². The van der Waals surface area contributed by atoms with Crippen LogP contribution in [0.25, 0.3) is 11.0 Å². The maximum atomic E-state index is 8.49. The minimum atomic E-state index is -4.94. The molecule has 0 spiro atoms. The summed E-state index contributed by atoms with van der Waals surface area (Å²) in [5, 5.41) is 0. The third kappa shape index (κ3) is 6.00. The van der Waals surface area contributed by atoms with Crippen molar-refractivity contribution in [3.8, 4) is 0 Å². The fourth-order valence-corrected chi connectivity index (χ4v) is 6.43. The fraction of sp³-hybridized carbons (Fsp3) is 0.214. The van der Waals surface area contributed by atoms with E-state index in [2.05, 4.69) is 45.0 Å². The van der Waals surface area contributed by atoms with Gasteiger partial charge in [0.15, 0.2) is 10.3 Å². The molecule has 0 atom stereocenters. The number of hydrogen-bond acceptors (Lipinski definition) is 7. The molecule has 1 aromatic carbocycles. The Morgan fingerprint density at radius 1 is 0.957 bits per heavy atom. The van der Waals surface area contributed by atoms with Crippen LogP contribution >= 0.6 is 42.3 Å². The van der Waals surface area contributed by atoms with Gasteiger partial charge in [0.2, 0.25) is 4.88 Å². The molecule has 0 N–H and O–H groups in total. The van der Waals surface area contributed by atoms with Crippen molar-refractivity contribution in [2.75, 3.05) is 0 Å². The van der Waals surface area contributed by atoms with Gasteiger partial charge in [0, 0.05) is 27.5 Å². The molecule has 0 fully saturated rings.